The maximum atomic E-state index is 13.3. The van der Waals surface area contributed by atoms with E-state index in [1.165, 1.54) is 24.3 Å². The summed E-state index contributed by atoms with van der Waals surface area (Å²) in [6, 6.07) is 5.63. The molecule has 0 radical (unpaired) electrons. The van der Waals surface area contributed by atoms with Crippen molar-refractivity contribution in [1.82, 2.24) is 0 Å². The number of carbonyl (C=O) groups is 2. The molecule has 0 spiro atoms. The second-order valence-corrected chi connectivity index (χ2v) is 11.7. The van der Waals surface area contributed by atoms with Crippen molar-refractivity contribution in [3.8, 4) is 11.5 Å². The van der Waals surface area contributed by atoms with Gasteiger partial charge in [0.05, 0.1) is 27.7 Å². The summed E-state index contributed by atoms with van der Waals surface area (Å²) in [5.41, 5.74) is 0. The second-order valence-electron chi connectivity index (χ2n) is 6.38. The number of esters is 2. The lowest BCUT2D eigenvalue weighted by Crippen LogP contribution is -2.11. The van der Waals surface area contributed by atoms with Crippen molar-refractivity contribution in [2.75, 3.05) is 26.4 Å². The maximum Gasteiger partial charge on any atom is 0.330 e. The number of hydrogen-bond acceptors (Lipinski definition) is 8. The Hall–Kier alpha value is -1.67. The fourth-order valence-electron chi connectivity index (χ4n) is 2.49. The zero-order chi connectivity index (χ0) is 26.2. The smallest absolute Gasteiger partial charge is 0.330 e. The van der Waals surface area contributed by atoms with Gasteiger partial charge < -0.3 is 18.9 Å². The molecule has 0 fully saturated rings. The predicted octanol–water partition coefficient (Wildman–Crippen LogP) is 5.79. The molecule has 35 heavy (non-hydrogen) atoms. The van der Waals surface area contributed by atoms with Crippen molar-refractivity contribution in [2.45, 2.75) is 9.79 Å². The summed E-state index contributed by atoms with van der Waals surface area (Å²) in [4.78, 5) is 22.2. The number of ether oxygens (including phenoxy) is 4. The minimum absolute atomic E-state index is 0.00303. The third-order valence-electron chi connectivity index (χ3n) is 4.05. The summed E-state index contributed by atoms with van der Waals surface area (Å²) in [6.45, 7) is 6.71. The van der Waals surface area contributed by atoms with Gasteiger partial charge in [0.15, 0.2) is 0 Å². The van der Waals surface area contributed by atoms with Crippen LogP contribution in [0.4, 0.5) is 0 Å². The Morgan fingerprint density at radius 2 is 1.00 bits per heavy atom. The summed E-state index contributed by atoms with van der Waals surface area (Å²) in [6.07, 6.45) is 2.09. The van der Waals surface area contributed by atoms with Gasteiger partial charge in [0.1, 0.15) is 37.9 Å². The molecule has 0 unspecified atom stereocenters. The lowest BCUT2D eigenvalue weighted by molar-refractivity contribution is -0.139. The van der Waals surface area contributed by atoms with E-state index < -0.39 is 21.8 Å². The van der Waals surface area contributed by atoms with Crippen LogP contribution in [0.2, 0.25) is 0 Å². The number of rotatable bonds is 12. The van der Waals surface area contributed by atoms with E-state index in [4.69, 9.17) is 18.9 Å². The minimum atomic E-state index is -3.93. The van der Waals surface area contributed by atoms with E-state index in [1.54, 1.807) is 0 Å². The molecule has 0 heterocycles. The summed E-state index contributed by atoms with van der Waals surface area (Å²) in [5, 5.41) is 0. The average Bonchev–Trinajstić information content (AvgIpc) is 2.81. The molecule has 188 valence electrons. The molecule has 0 aromatic heterocycles. The molecule has 0 aliphatic heterocycles. The van der Waals surface area contributed by atoms with Crippen LogP contribution in [0.1, 0.15) is 0 Å². The highest BCUT2D eigenvalue weighted by Gasteiger charge is 2.24. The number of hydrogen-bond donors (Lipinski definition) is 0. The van der Waals surface area contributed by atoms with Crippen LogP contribution in [0.15, 0.2) is 77.3 Å². The van der Waals surface area contributed by atoms with Crippen LogP contribution in [0.25, 0.3) is 0 Å². The fraction of sp³-hybridized carbons (Fsp3) is 0.182. The molecule has 2 aromatic carbocycles. The predicted molar refractivity (Wildman–Crippen MR) is 142 cm³/mol. The Labute approximate surface area is 236 Å². The standard InChI is InChI=1S/C22H18Br4O8S/c1-3-19(27)31-5-7-33-21-15(23)9-13(10-16(21)24)35(29,30)14-11-17(25)22(18(26)12-14)34-8-6-32-20(28)4-2/h3-4,9-12H,1-2,5-8H2. The lowest BCUT2D eigenvalue weighted by atomic mass is 10.3. The first-order chi connectivity index (χ1) is 16.5. The molecule has 0 bridgehead atoms. The number of benzene rings is 2. The van der Waals surface area contributed by atoms with E-state index in [1.807, 2.05) is 0 Å². The van der Waals surface area contributed by atoms with Crippen LogP contribution in [-0.4, -0.2) is 46.8 Å². The van der Waals surface area contributed by atoms with Gasteiger partial charge in [-0.1, -0.05) is 13.2 Å². The highest BCUT2D eigenvalue weighted by atomic mass is 79.9. The van der Waals surface area contributed by atoms with E-state index in [9.17, 15) is 18.0 Å². The molecule has 0 saturated heterocycles. The van der Waals surface area contributed by atoms with Crippen molar-refractivity contribution in [3.05, 3.63) is 67.5 Å². The molecule has 2 aromatic rings. The van der Waals surface area contributed by atoms with Crippen molar-refractivity contribution in [1.29, 1.82) is 0 Å². The van der Waals surface area contributed by atoms with E-state index in [2.05, 4.69) is 76.9 Å². The highest BCUT2D eigenvalue weighted by molar-refractivity contribution is 9.11. The lowest BCUT2D eigenvalue weighted by Gasteiger charge is -2.15. The maximum absolute atomic E-state index is 13.3. The molecule has 13 heteroatoms. The van der Waals surface area contributed by atoms with Crippen LogP contribution in [0.3, 0.4) is 0 Å². The van der Waals surface area contributed by atoms with Gasteiger partial charge >= 0.3 is 11.9 Å². The van der Waals surface area contributed by atoms with E-state index in [0.29, 0.717) is 29.4 Å². The molecule has 0 atom stereocenters. The number of halogens is 4. The molecule has 0 saturated carbocycles. The largest absolute Gasteiger partial charge is 0.488 e. The first-order valence-electron chi connectivity index (χ1n) is 9.58. The monoisotopic (exact) mass is 758 g/mol. The van der Waals surface area contributed by atoms with Crippen LogP contribution in [0, 0.1) is 0 Å². The summed E-state index contributed by atoms with van der Waals surface area (Å²) < 4.78 is 49.0. The van der Waals surface area contributed by atoms with Crippen molar-refractivity contribution < 1.29 is 37.0 Å². The average molecular weight is 762 g/mol. The second kappa shape index (κ2) is 13.6. The van der Waals surface area contributed by atoms with Gasteiger partial charge in [0.2, 0.25) is 9.84 Å². The Kier molecular flexibility index (Phi) is 11.5. The Morgan fingerprint density at radius 1 is 0.686 bits per heavy atom. The minimum Gasteiger partial charge on any atom is -0.488 e. The van der Waals surface area contributed by atoms with Gasteiger partial charge in [-0.3, -0.25) is 0 Å². The fourth-order valence-corrected chi connectivity index (χ4v) is 7.29. The van der Waals surface area contributed by atoms with Crippen molar-refractivity contribution in [2.24, 2.45) is 0 Å². The quantitative estimate of drug-likeness (QED) is 0.152. The van der Waals surface area contributed by atoms with Gasteiger partial charge in [-0.15, -0.1) is 0 Å². The molecule has 8 nitrogen and oxygen atoms in total. The Bertz CT molecular complexity index is 1110. The molecule has 0 N–H and O–H groups in total. The van der Waals surface area contributed by atoms with Crippen LogP contribution in [-0.2, 0) is 28.9 Å². The van der Waals surface area contributed by atoms with E-state index in [-0.39, 0.29) is 36.2 Å². The molecular formula is C22H18Br4O8S. The third kappa shape index (κ3) is 8.17. The number of carbonyl (C=O) groups excluding carboxylic acids is 2. The van der Waals surface area contributed by atoms with Gasteiger partial charge in [-0.2, -0.15) is 0 Å². The van der Waals surface area contributed by atoms with Gasteiger partial charge in [-0.25, -0.2) is 18.0 Å². The molecule has 0 aliphatic rings. The zero-order valence-corrected chi connectivity index (χ0v) is 25.1. The van der Waals surface area contributed by atoms with Gasteiger partial charge in [-0.05, 0) is 88.0 Å². The van der Waals surface area contributed by atoms with Crippen LogP contribution in [0.5, 0.6) is 11.5 Å². The Balaban J connectivity index is 2.20. The first kappa shape index (κ1) is 29.6. The number of sulfone groups is 1. The summed E-state index contributed by atoms with van der Waals surface area (Å²) in [7, 11) is -3.93. The van der Waals surface area contributed by atoms with Gasteiger partial charge in [0, 0.05) is 12.2 Å². The summed E-state index contributed by atoms with van der Waals surface area (Å²) in [5.74, 6) is -0.445. The third-order valence-corrected chi connectivity index (χ3v) is 8.11. The van der Waals surface area contributed by atoms with Crippen molar-refractivity contribution >= 4 is 85.5 Å². The normalized spacial score (nSPS) is 10.9. The molecule has 0 aliphatic carbocycles. The first-order valence-corrected chi connectivity index (χ1v) is 14.2. The highest BCUT2D eigenvalue weighted by Crippen LogP contribution is 2.40. The topological polar surface area (TPSA) is 105 Å². The molecular weight excluding hydrogens is 744 g/mol. The van der Waals surface area contributed by atoms with Gasteiger partial charge in [0.25, 0.3) is 0 Å². The van der Waals surface area contributed by atoms with E-state index in [0.717, 1.165) is 12.2 Å². The van der Waals surface area contributed by atoms with Crippen LogP contribution >= 0.6 is 63.7 Å². The Morgan fingerprint density at radius 3 is 1.29 bits per heavy atom. The molecule has 2 rings (SSSR count). The van der Waals surface area contributed by atoms with Crippen molar-refractivity contribution in [3.63, 3.8) is 0 Å². The zero-order valence-electron chi connectivity index (χ0n) is 17.9. The summed E-state index contributed by atoms with van der Waals surface area (Å²) >= 11 is 13.3. The van der Waals surface area contributed by atoms with Crippen LogP contribution < -0.4 is 9.47 Å². The molecule has 0 amide bonds. The van der Waals surface area contributed by atoms with E-state index >= 15 is 0 Å². The SMILES string of the molecule is C=CC(=O)OCCOc1c(Br)cc(S(=O)(=O)c2cc(Br)c(OCCOC(=O)C=C)c(Br)c2)cc1Br.